The topological polar surface area (TPSA) is 0 Å². The van der Waals surface area contributed by atoms with Crippen molar-refractivity contribution in [3.05, 3.63) is 0 Å². The smallest absolute Gasteiger partial charge is 0.211 e. The number of halogens is 3. The van der Waals surface area contributed by atoms with Gasteiger partial charge in [0.1, 0.15) is 0 Å². The van der Waals surface area contributed by atoms with Crippen molar-refractivity contribution in [2.45, 2.75) is 33.6 Å². The molecule has 0 fully saturated rings. The Morgan fingerprint density at radius 3 is 1.91 bits per heavy atom. The van der Waals surface area contributed by atoms with Gasteiger partial charge in [-0.2, -0.15) is 0 Å². The summed E-state index contributed by atoms with van der Waals surface area (Å²) in [4.78, 5) is 0. The lowest BCUT2D eigenvalue weighted by Crippen LogP contribution is -2.28. The SMILES string of the molecule is CC(C)C(C)(CCl)CC(F)F. The van der Waals surface area contributed by atoms with Gasteiger partial charge in [-0.15, -0.1) is 11.6 Å². The molecule has 0 saturated carbocycles. The molecule has 0 aliphatic carbocycles. The molecule has 0 aliphatic rings. The largest absolute Gasteiger partial charge is 0.239 e. The monoisotopic (exact) mass is 184 g/mol. The zero-order valence-electron chi connectivity index (χ0n) is 7.20. The highest BCUT2D eigenvalue weighted by atomic mass is 35.5. The second-order valence-electron chi connectivity index (χ2n) is 3.54. The lowest BCUT2D eigenvalue weighted by atomic mass is 9.78. The van der Waals surface area contributed by atoms with Crippen LogP contribution in [0.3, 0.4) is 0 Å². The van der Waals surface area contributed by atoms with Crippen molar-refractivity contribution in [3.63, 3.8) is 0 Å². The van der Waals surface area contributed by atoms with E-state index in [0.717, 1.165) is 0 Å². The molecular weight excluding hydrogens is 170 g/mol. The maximum absolute atomic E-state index is 12.0. The first-order valence-corrected chi connectivity index (χ1v) is 4.30. The van der Waals surface area contributed by atoms with Crippen LogP contribution in [0.25, 0.3) is 0 Å². The van der Waals surface area contributed by atoms with Gasteiger partial charge in [0.2, 0.25) is 6.43 Å². The minimum absolute atomic E-state index is 0.103. The van der Waals surface area contributed by atoms with Crippen LogP contribution in [-0.4, -0.2) is 12.3 Å². The van der Waals surface area contributed by atoms with E-state index in [4.69, 9.17) is 11.6 Å². The van der Waals surface area contributed by atoms with E-state index >= 15 is 0 Å². The molecule has 0 spiro atoms. The first kappa shape index (κ1) is 11.2. The van der Waals surface area contributed by atoms with Gasteiger partial charge in [-0.3, -0.25) is 0 Å². The lowest BCUT2D eigenvalue weighted by Gasteiger charge is -2.31. The van der Waals surface area contributed by atoms with Crippen LogP contribution in [0.5, 0.6) is 0 Å². The maximum Gasteiger partial charge on any atom is 0.239 e. The molecule has 11 heavy (non-hydrogen) atoms. The van der Waals surface area contributed by atoms with Gasteiger partial charge in [0.25, 0.3) is 0 Å². The third-order valence-electron chi connectivity index (χ3n) is 2.32. The Morgan fingerprint density at radius 2 is 1.82 bits per heavy atom. The van der Waals surface area contributed by atoms with E-state index in [1.807, 2.05) is 13.8 Å². The van der Waals surface area contributed by atoms with Crippen LogP contribution in [0.2, 0.25) is 0 Å². The van der Waals surface area contributed by atoms with Gasteiger partial charge in [-0.1, -0.05) is 20.8 Å². The summed E-state index contributed by atoms with van der Waals surface area (Å²) in [5, 5.41) is 0. The fourth-order valence-electron chi connectivity index (χ4n) is 0.797. The van der Waals surface area contributed by atoms with Gasteiger partial charge in [0.05, 0.1) is 0 Å². The molecule has 0 bridgehead atoms. The average molecular weight is 185 g/mol. The Kier molecular flexibility index (Phi) is 4.30. The molecule has 0 radical (unpaired) electrons. The highest BCUT2D eigenvalue weighted by molar-refractivity contribution is 6.18. The number of rotatable bonds is 4. The number of hydrogen-bond donors (Lipinski definition) is 0. The van der Waals surface area contributed by atoms with E-state index in [2.05, 4.69) is 0 Å². The fourth-order valence-corrected chi connectivity index (χ4v) is 1.21. The molecule has 0 amide bonds. The third kappa shape index (κ3) is 3.37. The first-order valence-electron chi connectivity index (χ1n) is 3.76. The second kappa shape index (κ2) is 4.24. The second-order valence-corrected chi connectivity index (χ2v) is 3.80. The molecule has 0 aromatic rings. The van der Waals surface area contributed by atoms with E-state index < -0.39 is 11.8 Å². The Bertz CT molecular complexity index is 115. The van der Waals surface area contributed by atoms with Crippen molar-refractivity contribution >= 4 is 11.6 Å². The Balaban J connectivity index is 4.10. The van der Waals surface area contributed by atoms with Crippen molar-refractivity contribution in [1.29, 1.82) is 0 Å². The van der Waals surface area contributed by atoms with Gasteiger partial charge in [-0.25, -0.2) is 8.78 Å². The van der Waals surface area contributed by atoms with Crippen LogP contribution in [0, 0.1) is 11.3 Å². The summed E-state index contributed by atoms with van der Waals surface area (Å²) in [6.45, 7) is 5.65. The summed E-state index contributed by atoms with van der Waals surface area (Å²) >= 11 is 5.61. The molecule has 0 N–H and O–H groups in total. The molecule has 0 saturated heterocycles. The van der Waals surface area contributed by atoms with Gasteiger partial charge in [0.15, 0.2) is 0 Å². The molecule has 1 unspecified atom stereocenters. The Labute approximate surface area is 71.9 Å². The molecule has 0 aliphatic heterocycles. The highest BCUT2D eigenvalue weighted by Gasteiger charge is 2.30. The summed E-state index contributed by atoms with van der Waals surface area (Å²) in [6, 6.07) is 0. The van der Waals surface area contributed by atoms with Crippen LogP contribution in [-0.2, 0) is 0 Å². The van der Waals surface area contributed by atoms with E-state index in [1.165, 1.54) is 0 Å². The molecule has 0 aromatic heterocycles. The quantitative estimate of drug-likeness (QED) is 0.587. The van der Waals surface area contributed by atoms with Crippen molar-refractivity contribution in [2.24, 2.45) is 11.3 Å². The van der Waals surface area contributed by atoms with Gasteiger partial charge >= 0.3 is 0 Å². The number of hydrogen-bond acceptors (Lipinski definition) is 0. The van der Waals surface area contributed by atoms with Crippen LogP contribution < -0.4 is 0 Å². The molecule has 0 rings (SSSR count). The molecule has 0 aromatic carbocycles. The van der Waals surface area contributed by atoms with Gasteiger partial charge in [-0.05, 0) is 11.3 Å². The van der Waals surface area contributed by atoms with Crippen molar-refractivity contribution in [2.75, 3.05) is 5.88 Å². The van der Waals surface area contributed by atoms with Crippen LogP contribution in [0.4, 0.5) is 8.78 Å². The van der Waals surface area contributed by atoms with E-state index in [-0.39, 0.29) is 12.3 Å². The fraction of sp³-hybridized carbons (Fsp3) is 1.00. The summed E-state index contributed by atoms with van der Waals surface area (Å²) in [6.07, 6.45) is -2.35. The predicted octanol–water partition coefficient (Wildman–Crippen LogP) is 3.54. The zero-order chi connectivity index (χ0) is 9.07. The number of alkyl halides is 3. The molecule has 3 heteroatoms. The van der Waals surface area contributed by atoms with Crippen molar-refractivity contribution < 1.29 is 8.78 Å². The van der Waals surface area contributed by atoms with Crippen LogP contribution in [0.15, 0.2) is 0 Å². The summed E-state index contributed by atoms with van der Waals surface area (Å²) in [7, 11) is 0. The predicted molar refractivity (Wildman–Crippen MR) is 44.3 cm³/mol. The Hall–Kier alpha value is 0.150. The maximum atomic E-state index is 12.0. The Morgan fingerprint density at radius 1 is 1.36 bits per heavy atom. The molecule has 1 atom stereocenters. The van der Waals surface area contributed by atoms with Crippen molar-refractivity contribution in [3.8, 4) is 0 Å². The molecule has 0 nitrogen and oxygen atoms in total. The normalized spacial score (nSPS) is 17.5. The summed E-state index contributed by atoms with van der Waals surface area (Å²) < 4.78 is 24.0. The van der Waals surface area contributed by atoms with E-state index in [1.54, 1.807) is 6.92 Å². The van der Waals surface area contributed by atoms with E-state index in [0.29, 0.717) is 5.88 Å². The average Bonchev–Trinajstić information content (AvgIpc) is 1.86. The van der Waals surface area contributed by atoms with Crippen molar-refractivity contribution in [1.82, 2.24) is 0 Å². The third-order valence-corrected chi connectivity index (χ3v) is 2.93. The minimum Gasteiger partial charge on any atom is -0.211 e. The van der Waals surface area contributed by atoms with E-state index in [9.17, 15) is 8.78 Å². The zero-order valence-corrected chi connectivity index (χ0v) is 7.96. The lowest BCUT2D eigenvalue weighted by molar-refractivity contribution is 0.0674. The highest BCUT2D eigenvalue weighted by Crippen LogP contribution is 2.34. The summed E-state index contributed by atoms with van der Waals surface area (Å²) in [5.41, 5.74) is -0.421. The standard InChI is InChI=1S/C8H15ClF2/c1-6(2)8(3,5-9)4-7(10)11/h6-7H,4-5H2,1-3H3. The van der Waals surface area contributed by atoms with Crippen LogP contribution >= 0.6 is 11.6 Å². The van der Waals surface area contributed by atoms with Gasteiger partial charge in [0, 0.05) is 12.3 Å². The molecule has 68 valence electrons. The molecular formula is C8H15ClF2. The van der Waals surface area contributed by atoms with Crippen LogP contribution in [0.1, 0.15) is 27.2 Å². The summed E-state index contributed by atoms with van der Waals surface area (Å²) in [5.74, 6) is 0.503. The minimum atomic E-state index is -2.25. The van der Waals surface area contributed by atoms with Gasteiger partial charge < -0.3 is 0 Å². The molecule has 0 heterocycles. The first-order chi connectivity index (χ1) is 4.92.